The molecule has 0 unspecified atom stereocenters. The van der Waals surface area contributed by atoms with Crippen LogP contribution in [-0.4, -0.2) is 5.78 Å². The van der Waals surface area contributed by atoms with Crippen LogP contribution in [0.25, 0.3) is 0 Å². The van der Waals surface area contributed by atoms with Crippen molar-refractivity contribution >= 4 is 17.4 Å². The van der Waals surface area contributed by atoms with Gasteiger partial charge < -0.3 is 0 Å². The maximum absolute atomic E-state index is 12.3. The third-order valence-electron chi connectivity index (χ3n) is 3.48. The quantitative estimate of drug-likeness (QED) is 0.747. The monoisotopic (exact) mass is 256 g/mol. The topological polar surface area (TPSA) is 17.1 Å². The molecule has 1 saturated carbocycles. The van der Waals surface area contributed by atoms with Crippen LogP contribution in [0.5, 0.6) is 0 Å². The number of carbonyl (C=O) groups excluding carboxylic acids is 1. The molecule has 0 radical (unpaired) electrons. The molecule has 0 aromatic heterocycles. The van der Waals surface area contributed by atoms with Crippen LogP contribution in [-0.2, 0) is 0 Å². The molecule has 0 heterocycles. The van der Waals surface area contributed by atoms with Gasteiger partial charge in [0.15, 0.2) is 5.78 Å². The average Bonchev–Trinajstić information content (AvgIpc) is 3.20. The van der Waals surface area contributed by atoms with E-state index in [9.17, 15) is 4.79 Å². The van der Waals surface area contributed by atoms with E-state index in [1.807, 2.05) is 30.3 Å². The molecule has 2 heteroatoms. The SMILES string of the molecule is O=C(c1ccc(Cl)cc1)[C@@H]1C[C@H]1c1ccccc1. The maximum Gasteiger partial charge on any atom is 0.166 e. The Morgan fingerprint density at radius 3 is 2.33 bits per heavy atom. The number of benzene rings is 2. The number of Topliss-reactive ketones (excluding diaryl/α,β-unsaturated/α-hetero) is 1. The predicted octanol–water partition coefficient (Wildman–Crippen LogP) is 4.33. The molecule has 0 spiro atoms. The van der Waals surface area contributed by atoms with Gasteiger partial charge in [0, 0.05) is 16.5 Å². The third-order valence-corrected chi connectivity index (χ3v) is 3.74. The van der Waals surface area contributed by atoms with E-state index in [0.717, 1.165) is 12.0 Å². The van der Waals surface area contributed by atoms with Gasteiger partial charge in [-0.3, -0.25) is 4.79 Å². The summed E-state index contributed by atoms with van der Waals surface area (Å²) in [7, 11) is 0. The molecule has 90 valence electrons. The second-order valence-corrected chi connectivity index (χ2v) is 5.17. The van der Waals surface area contributed by atoms with Crippen LogP contribution in [0, 0.1) is 5.92 Å². The molecule has 0 bridgehead atoms. The first-order chi connectivity index (χ1) is 8.75. The lowest BCUT2D eigenvalue weighted by Gasteiger charge is -2.01. The summed E-state index contributed by atoms with van der Waals surface area (Å²) in [6.45, 7) is 0. The van der Waals surface area contributed by atoms with E-state index >= 15 is 0 Å². The zero-order valence-corrected chi connectivity index (χ0v) is 10.6. The minimum atomic E-state index is 0.147. The molecule has 2 aromatic rings. The molecule has 18 heavy (non-hydrogen) atoms. The van der Waals surface area contributed by atoms with Crippen molar-refractivity contribution in [3.05, 3.63) is 70.7 Å². The summed E-state index contributed by atoms with van der Waals surface area (Å²) in [5, 5.41) is 0.668. The zero-order chi connectivity index (χ0) is 12.5. The summed E-state index contributed by atoms with van der Waals surface area (Å²) in [5.41, 5.74) is 2.03. The number of hydrogen-bond donors (Lipinski definition) is 0. The number of halogens is 1. The van der Waals surface area contributed by atoms with Crippen molar-refractivity contribution < 1.29 is 4.79 Å². The van der Waals surface area contributed by atoms with Crippen molar-refractivity contribution in [2.24, 2.45) is 5.92 Å². The second kappa shape index (κ2) is 4.58. The Morgan fingerprint density at radius 2 is 1.67 bits per heavy atom. The molecule has 2 aromatic carbocycles. The van der Waals surface area contributed by atoms with Gasteiger partial charge in [-0.2, -0.15) is 0 Å². The number of carbonyl (C=O) groups is 1. The lowest BCUT2D eigenvalue weighted by atomic mass is 10.0. The van der Waals surface area contributed by atoms with Crippen LogP contribution in [0.1, 0.15) is 28.3 Å². The maximum atomic E-state index is 12.3. The standard InChI is InChI=1S/C16H13ClO/c17-13-8-6-12(7-9-13)16(18)15-10-14(15)11-4-2-1-3-5-11/h1-9,14-15H,10H2/t14-,15+/m0/s1. The molecule has 2 atom stereocenters. The Kier molecular flexibility index (Phi) is 2.92. The Bertz CT molecular complexity index is 559. The van der Waals surface area contributed by atoms with Crippen LogP contribution in [0.4, 0.5) is 0 Å². The van der Waals surface area contributed by atoms with Crippen LogP contribution in [0.15, 0.2) is 54.6 Å². The normalized spacial score (nSPS) is 21.6. The highest BCUT2D eigenvalue weighted by Gasteiger charge is 2.43. The molecule has 1 aliphatic rings. The van der Waals surface area contributed by atoms with E-state index in [4.69, 9.17) is 11.6 Å². The van der Waals surface area contributed by atoms with Gasteiger partial charge in [-0.1, -0.05) is 41.9 Å². The molecule has 0 aliphatic heterocycles. The molecular weight excluding hydrogens is 244 g/mol. The van der Waals surface area contributed by atoms with Gasteiger partial charge in [-0.05, 0) is 42.2 Å². The molecule has 0 N–H and O–H groups in total. The number of ketones is 1. The van der Waals surface area contributed by atoms with Crippen molar-refractivity contribution in [2.45, 2.75) is 12.3 Å². The van der Waals surface area contributed by atoms with Crippen LogP contribution in [0.3, 0.4) is 0 Å². The zero-order valence-electron chi connectivity index (χ0n) is 9.84. The number of hydrogen-bond acceptors (Lipinski definition) is 1. The van der Waals surface area contributed by atoms with E-state index < -0.39 is 0 Å². The number of rotatable bonds is 3. The fourth-order valence-electron chi connectivity index (χ4n) is 2.38. The summed E-state index contributed by atoms with van der Waals surface area (Å²) >= 11 is 5.82. The highest BCUT2D eigenvalue weighted by atomic mass is 35.5. The first kappa shape index (κ1) is 11.5. The fraction of sp³-hybridized carbons (Fsp3) is 0.188. The average molecular weight is 257 g/mol. The lowest BCUT2D eigenvalue weighted by Crippen LogP contribution is -2.02. The second-order valence-electron chi connectivity index (χ2n) is 4.73. The minimum absolute atomic E-state index is 0.147. The van der Waals surface area contributed by atoms with E-state index in [2.05, 4.69) is 12.1 Å². The first-order valence-electron chi connectivity index (χ1n) is 6.10. The summed E-state index contributed by atoms with van der Waals surface area (Å²) in [6.07, 6.45) is 0.964. The van der Waals surface area contributed by atoms with E-state index in [1.54, 1.807) is 12.1 Å². The molecule has 1 nitrogen and oxygen atoms in total. The van der Waals surface area contributed by atoms with Gasteiger partial charge >= 0.3 is 0 Å². The molecule has 1 fully saturated rings. The smallest absolute Gasteiger partial charge is 0.166 e. The van der Waals surface area contributed by atoms with Gasteiger partial charge in [0.05, 0.1) is 0 Å². The van der Waals surface area contributed by atoms with Crippen LogP contribution < -0.4 is 0 Å². The Morgan fingerprint density at radius 1 is 1.00 bits per heavy atom. The predicted molar refractivity (Wildman–Crippen MR) is 73.1 cm³/mol. The van der Waals surface area contributed by atoms with Crippen molar-refractivity contribution in [2.75, 3.05) is 0 Å². The summed E-state index contributed by atoms with van der Waals surface area (Å²) < 4.78 is 0. The van der Waals surface area contributed by atoms with Gasteiger partial charge in [-0.25, -0.2) is 0 Å². The molecular formula is C16H13ClO. The van der Waals surface area contributed by atoms with E-state index in [-0.39, 0.29) is 11.7 Å². The molecule has 3 rings (SSSR count). The van der Waals surface area contributed by atoms with Gasteiger partial charge in [0.1, 0.15) is 0 Å². The van der Waals surface area contributed by atoms with E-state index in [1.165, 1.54) is 5.56 Å². The van der Waals surface area contributed by atoms with Crippen LogP contribution in [0.2, 0.25) is 5.02 Å². The van der Waals surface area contributed by atoms with Crippen molar-refractivity contribution in [3.8, 4) is 0 Å². The summed E-state index contributed by atoms with van der Waals surface area (Å²) in [5.74, 6) is 0.781. The van der Waals surface area contributed by atoms with Gasteiger partial charge in [0.25, 0.3) is 0 Å². The molecule has 1 aliphatic carbocycles. The first-order valence-corrected chi connectivity index (χ1v) is 6.48. The highest BCUT2D eigenvalue weighted by Crippen LogP contribution is 2.49. The summed E-state index contributed by atoms with van der Waals surface area (Å²) in [4.78, 5) is 12.3. The Labute approximate surface area is 111 Å². The van der Waals surface area contributed by atoms with Crippen molar-refractivity contribution in [3.63, 3.8) is 0 Å². The highest BCUT2D eigenvalue weighted by molar-refractivity contribution is 6.30. The Balaban J connectivity index is 1.75. The van der Waals surface area contributed by atoms with Gasteiger partial charge in [-0.15, -0.1) is 0 Å². The fourth-order valence-corrected chi connectivity index (χ4v) is 2.51. The van der Waals surface area contributed by atoms with Crippen molar-refractivity contribution in [1.29, 1.82) is 0 Å². The third kappa shape index (κ3) is 2.19. The molecule has 0 amide bonds. The molecule has 0 saturated heterocycles. The lowest BCUT2D eigenvalue weighted by molar-refractivity contribution is 0.0965. The van der Waals surface area contributed by atoms with Crippen LogP contribution >= 0.6 is 11.6 Å². The van der Waals surface area contributed by atoms with E-state index in [0.29, 0.717) is 10.9 Å². The Hall–Kier alpha value is -1.60. The summed E-state index contributed by atoms with van der Waals surface area (Å²) in [6, 6.07) is 17.4. The van der Waals surface area contributed by atoms with Gasteiger partial charge in [0.2, 0.25) is 0 Å². The minimum Gasteiger partial charge on any atom is -0.294 e. The largest absolute Gasteiger partial charge is 0.294 e. The van der Waals surface area contributed by atoms with Crippen molar-refractivity contribution in [1.82, 2.24) is 0 Å².